The smallest absolute Gasteiger partial charge is 0.471 e. The highest BCUT2D eigenvalue weighted by molar-refractivity contribution is 6.83. The Morgan fingerprint density at radius 2 is 1.90 bits per heavy atom. The summed E-state index contributed by atoms with van der Waals surface area (Å²) in [6, 6.07) is 4.48. The molecule has 0 radical (unpaired) electrons. The van der Waals surface area contributed by atoms with E-state index in [1.165, 1.54) is 19.2 Å². The average molecular weight is 315 g/mol. The van der Waals surface area contributed by atoms with E-state index >= 15 is 0 Å². The standard InChI is InChI=1S/C14H16F3NO2Si/c1-20-12-6-5-10(7-8-21(2,3)4)9-11(12)18-13(19)14(15,16)17/h5-6,9H,1-4H3,(H,18,19). The molecule has 0 unspecified atom stereocenters. The van der Waals surface area contributed by atoms with Crippen molar-refractivity contribution in [2.45, 2.75) is 25.8 Å². The molecule has 21 heavy (non-hydrogen) atoms. The maximum absolute atomic E-state index is 12.3. The fourth-order valence-electron chi connectivity index (χ4n) is 1.34. The molecule has 3 nitrogen and oxygen atoms in total. The van der Waals surface area contributed by atoms with Gasteiger partial charge in [-0.15, -0.1) is 5.54 Å². The molecule has 1 aromatic carbocycles. The van der Waals surface area contributed by atoms with Crippen LogP contribution < -0.4 is 10.1 Å². The maximum Gasteiger partial charge on any atom is 0.471 e. The molecule has 0 aliphatic carbocycles. The van der Waals surface area contributed by atoms with Crippen LogP contribution in [0.3, 0.4) is 0 Å². The fraction of sp³-hybridized carbons (Fsp3) is 0.357. The van der Waals surface area contributed by atoms with Gasteiger partial charge >= 0.3 is 12.1 Å². The van der Waals surface area contributed by atoms with Crippen molar-refractivity contribution in [2.75, 3.05) is 12.4 Å². The molecule has 0 atom stereocenters. The van der Waals surface area contributed by atoms with Crippen LogP contribution in [0.5, 0.6) is 5.75 Å². The van der Waals surface area contributed by atoms with Gasteiger partial charge in [0.2, 0.25) is 0 Å². The lowest BCUT2D eigenvalue weighted by Gasteiger charge is -2.12. The summed E-state index contributed by atoms with van der Waals surface area (Å²) in [4.78, 5) is 11.0. The number of amides is 1. The van der Waals surface area contributed by atoms with Crippen molar-refractivity contribution in [1.82, 2.24) is 0 Å². The summed E-state index contributed by atoms with van der Waals surface area (Å²) in [5, 5.41) is 1.79. The van der Waals surface area contributed by atoms with E-state index in [0.717, 1.165) is 0 Å². The van der Waals surface area contributed by atoms with Crippen molar-refractivity contribution in [1.29, 1.82) is 0 Å². The molecule has 0 fully saturated rings. The van der Waals surface area contributed by atoms with Crippen molar-refractivity contribution >= 4 is 19.7 Å². The summed E-state index contributed by atoms with van der Waals surface area (Å²) in [5.74, 6) is 1.01. The van der Waals surface area contributed by atoms with E-state index in [4.69, 9.17) is 4.74 Å². The van der Waals surface area contributed by atoms with Crippen molar-refractivity contribution in [3.05, 3.63) is 23.8 Å². The number of methoxy groups -OCH3 is 1. The Morgan fingerprint density at radius 1 is 1.29 bits per heavy atom. The Labute approximate surface area is 122 Å². The molecule has 7 heteroatoms. The number of anilines is 1. The van der Waals surface area contributed by atoms with Crippen LogP contribution in [-0.4, -0.2) is 27.3 Å². The number of nitrogens with one attached hydrogen (secondary N) is 1. The summed E-state index contributed by atoms with van der Waals surface area (Å²) in [6.07, 6.45) is -4.95. The molecule has 1 aromatic rings. The lowest BCUT2D eigenvalue weighted by molar-refractivity contribution is -0.167. The Hall–Kier alpha value is -1.94. The first kappa shape index (κ1) is 17.1. The molecule has 0 aliphatic heterocycles. The molecule has 0 bridgehead atoms. The second-order valence-corrected chi connectivity index (χ2v) is 10.1. The van der Waals surface area contributed by atoms with E-state index in [1.807, 2.05) is 0 Å². The second kappa shape index (κ2) is 6.22. The SMILES string of the molecule is COc1ccc(C#C[Si](C)(C)C)cc1NC(=O)C(F)(F)F. The molecule has 1 N–H and O–H groups in total. The van der Waals surface area contributed by atoms with Crippen molar-refractivity contribution in [2.24, 2.45) is 0 Å². The highest BCUT2D eigenvalue weighted by Gasteiger charge is 2.39. The number of hydrogen-bond donors (Lipinski definition) is 1. The zero-order valence-electron chi connectivity index (χ0n) is 12.2. The lowest BCUT2D eigenvalue weighted by atomic mass is 10.2. The first-order chi connectivity index (χ1) is 9.53. The lowest BCUT2D eigenvalue weighted by Crippen LogP contribution is -2.30. The van der Waals surface area contributed by atoms with Gasteiger partial charge in [0, 0.05) is 5.56 Å². The van der Waals surface area contributed by atoms with E-state index < -0.39 is 20.2 Å². The topological polar surface area (TPSA) is 38.3 Å². The first-order valence-corrected chi connectivity index (χ1v) is 9.62. The number of rotatable bonds is 2. The number of hydrogen-bond acceptors (Lipinski definition) is 2. The van der Waals surface area contributed by atoms with Crippen LogP contribution in [-0.2, 0) is 4.79 Å². The third kappa shape index (κ3) is 5.51. The van der Waals surface area contributed by atoms with Gasteiger partial charge in [0.15, 0.2) is 0 Å². The van der Waals surface area contributed by atoms with Crippen molar-refractivity contribution in [3.63, 3.8) is 0 Å². The van der Waals surface area contributed by atoms with Gasteiger partial charge in [-0.05, 0) is 18.2 Å². The first-order valence-electron chi connectivity index (χ1n) is 6.12. The molecular weight excluding hydrogens is 299 g/mol. The highest BCUT2D eigenvalue weighted by Crippen LogP contribution is 2.27. The minimum Gasteiger partial charge on any atom is -0.495 e. The molecular formula is C14H16F3NO2Si. The molecule has 0 aromatic heterocycles. The van der Waals surface area contributed by atoms with Gasteiger partial charge in [-0.25, -0.2) is 0 Å². The van der Waals surface area contributed by atoms with Crippen LogP contribution in [0, 0.1) is 11.5 Å². The Balaban J connectivity index is 3.12. The van der Waals surface area contributed by atoms with Crippen LogP contribution in [0.4, 0.5) is 18.9 Å². The quantitative estimate of drug-likeness (QED) is 0.671. The van der Waals surface area contributed by atoms with Crippen LogP contribution in [0.2, 0.25) is 19.6 Å². The molecule has 114 valence electrons. The number of carbonyl (C=O) groups is 1. The van der Waals surface area contributed by atoms with E-state index in [-0.39, 0.29) is 11.4 Å². The second-order valence-electron chi connectivity index (χ2n) is 5.37. The number of carbonyl (C=O) groups excluding carboxylic acids is 1. The summed E-state index contributed by atoms with van der Waals surface area (Å²) in [7, 11) is -0.289. The number of benzene rings is 1. The highest BCUT2D eigenvalue weighted by atomic mass is 28.3. The predicted octanol–water partition coefficient (Wildman–Crippen LogP) is 3.42. The van der Waals surface area contributed by atoms with Crippen LogP contribution in [0.25, 0.3) is 0 Å². The monoisotopic (exact) mass is 315 g/mol. The third-order valence-corrected chi connectivity index (χ3v) is 3.16. The van der Waals surface area contributed by atoms with Gasteiger partial charge in [-0.1, -0.05) is 25.6 Å². The van der Waals surface area contributed by atoms with E-state index in [9.17, 15) is 18.0 Å². The molecule has 1 amide bonds. The van der Waals surface area contributed by atoms with Crippen LogP contribution >= 0.6 is 0 Å². The largest absolute Gasteiger partial charge is 0.495 e. The van der Waals surface area contributed by atoms with E-state index in [1.54, 1.807) is 11.4 Å². The van der Waals surface area contributed by atoms with Gasteiger partial charge in [-0.2, -0.15) is 13.2 Å². The molecule has 0 aliphatic rings. The van der Waals surface area contributed by atoms with E-state index in [0.29, 0.717) is 5.56 Å². The Morgan fingerprint density at radius 3 is 2.38 bits per heavy atom. The zero-order valence-corrected chi connectivity index (χ0v) is 13.2. The summed E-state index contributed by atoms with van der Waals surface area (Å²) in [5.41, 5.74) is 3.57. The van der Waals surface area contributed by atoms with E-state index in [2.05, 4.69) is 31.1 Å². The van der Waals surface area contributed by atoms with Crippen LogP contribution in [0.1, 0.15) is 5.56 Å². The van der Waals surface area contributed by atoms with Gasteiger partial charge in [0.25, 0.3) is 0 Å². The number of ether oxygens (including phenoxy) is 1. The third-order valence-electron chi connectivity index (χ3n) is 2.29. The Kier molecular flexibility index (Phi) is 5.07. The fourth-order valence-corrected chi connectivity index (χ4v) is 1.86. The molecule has 0 saturated carbocycles. The summed E-state index contributed by atoms with van der Waals surface area (Å²) >= 11 is 0. The number of halogens is 3. The number of alkyl halides is 3. The minimum absolute atomic E-state index is 0.0535. The van der Waals surface area contributed by atoms with Crippen molar-refractivity contribution in [3.8, 4) is 17.2 Å². The molecule has 0 spiro atoms. The predicted molar refractivity (Wildman–Crippen MR) is 77.9 cm³/mol. The van der Waals surface area contributed by atoms with Gasteiger partial charge < -0.3 is 10.1 Å². The Bertz CT molecular complexity index is 595. The van der Waals surface area contributed by atoms with Crippen LogP contribution in [0.15, 0.2) is 18.2 Å². The maximum atomic E-state index is 12.3. The minimum atomic E-state index is -4.95. The summed E-state index contributed by atoms with van der Waals surface area (Å²) < 4.78 is 41.8. The van der Waals surface area contributed by atoms with Gasteiger partial charge in [-0.3, -0.25) is 4.79 Å². The molecule has 0 saturated heterocycles. The van der Waals surface area contributed by atoms with Gasteiger partial charge in [0.05, 0.1) is 12.8 Å². The average Bonchev–Trinajstić information content (AvgIpc) is 2.34. The molecule has 0 heterocycles. The summed E-state index contributed by atoms with van der Waals surface area (Å²) in [6.45, 7) is 6.15. The van der Waals surface area contributed by atoms with Gasteiger partial charge in [0.1, 0.15) is 13.8 Å². The molecule has 1 rings (SSSR count). The zero-order chi connectivity index (χ0) is 16.3. The normalized spacial score (nSPS) is 11.4. The van der Waals surface area contributed by atoms with Crippen molar-refractivity contribution < 1.29 is 22.7 Å².